The number of carbonyl (C=O) groups is 1. The molecule has 1 atom stereocenters. The maximum absolute atomic E-state index is 12.7. The lowest BCUT2D eigenvalue weighted by atomic mass is 10.0. The van der Waals surface area contributed by atoms with Crippen LogP contribution in [0.2, 0.25) is 0 Å². The van der Waals surface area contributed by atoms with Gasteiger partial charge in [-0.15, -0.1) is 0 Å². The number of rotatable bonds is 4. The number of benzene rings is 1. The number of H-pyrrole nitrogens is 1. The molecule has 0 aliphatic carbocycles. The molecule has 1 aromatic carbocycles. The van der Waals surface area contributed by atoms with E-state index in [9.17, 15) is 4.79 Å². The lowest BCUT2D eigenvalue weighted by molar-refractivity contribution is 0.197. The van der Waals surface area contributed by atoms with E-state index in [1.165, 1.54) is 18.4 Å². The number of nitrogens with zero attached hydrogens (tertiary/aromatic N) is 4. The van der Waals surface area contributed by atoms with E-state index < -0.39 is 0 Å². The summed E-state index contributed by atoms with van der Waals surface area (Å²) in [6, 6.07) is 10.4. The second-order valence-corrected chi connectivity index (χ2v) is 8.33. The lowest BCUT2D eigenvalue weighted by Gasteiger charge is -2.27. The molecule has 1 fully saturated rings. The van der Waals surface area contributed by atoms with Gasteiger partial charge >= 0.3 is 6.03 Å². The Morgan fingerprint density at radius 3 is 2.93 bits per heavy atom. The number of carbonyl (C=O) groups excluding carboxylic acids is 1. The zero-order chi connectivity index (χ0) is 20.5. The van der Waals surface area contributed by atoms with Crippen molar-refractivity contribution in [2.24, 2.45) is 0 Å². The Morgan fingerprint density at radius 2 is 2.13 bits per heavy atom. The molecule has 4 heterocycles. The average Bonchev–Trinajstić information content (AvgIpc) is 3.48. The molecule has 0 radical (unpaired) electrons. The summed E-state index contributed by atoms with van der Waals surface area (Å²) in [4.78, 5) is 19.1. The second kappa shape index (κ2) is 7.99. The predicted octanol–water partition coefficient (Wildman–Crippen LogP) is 2.99. The first-order valence-corrected chi connectivity index (χ1v) is 10.7. The Bertz CT molecular complexity index is 979. The predicted molar refractivity (Wildman–Crippen MR) is 117 cm³/mol. The highest BCUT2D eigenvalue weighted by Gasteiger charge is 2.31. The molecule has 7 nitrogen and oxygen atoms in total. The van der Waals surface area contributed by atoms with Crippen molar-refractivity contribution in [1.82, 2.24) is 25.3 Å². The smallest absolute Gasteiger partial charge is 0.318 e. The fraction of sp³-hybridized carbons (Fsp3) is 0.391. The minimum Gasteiger partial charge on any atom is -0.334 e. The Labute approximate surface area is 177 Å². The molecule has 30 heavy (non-hydrogen) atoms. The summed E-state index contributed by atoms with van der Waals surface area (Å²) in [6.07, 6.45) is 9.15. The zero-order valence-electron chi connectivity index (χ0n) is 17.3. The Morgan fingerprint density at radius 1 is 1.27 bits per heavy atom. The van der Waals surface area contributed by atoms with Gasteiger partial charge in [0, 0.05) is 30.9 Å². The molecule has 1 aromatic heterocycles. The van der Waals surface area contributed by atoms with Crippen LogP contribution in [0.3, 0.4) is 0 Å². The number of fused-ring (bicyclic) bond motifs is 1. The standard InChI is InChI=1S/C23H28N6O/c1-27-11-6-10-21(27)18-9-5-12-28(14-18)22-19-15-29(16-20(19)25-26-22)23(30)24-13-17-7-3-2-4-8-17/h2-5,7-9,14,21H,6,10-13,15-16H2,1H3,(H,24,30)(H,25,26). The van der Waals surface area contributed by atoms with Crippen LogP contribution in [-0.4, -0.2) is 52.2 Å². The van der Waals surface area contributed by atoms with Crippen LogP contribution >= 0.6 is 0 Å². The van der Waals surface area contributed by atoms with E-state index >= 15 is 0 Å². The van der Waals surface area contributed by atoms with Crippen LogP contribution in [0.4, 0.5) is 10.6 Å². The van der Waals surface area contributed by atoms with Crippen LogP contribution in [0.1, 0.15) is 29.7 Å². The summed E-state index contributed by atoms with van der Waals surface area (Å²) in [7, 11) is 2.20. The highest BCUT2D eigenvalue weighted by Crippen LogP contribution is 2.32. The summed E-state index contributed by atoms with van der Waals surface area (Å²) < 4.78 is 0. The highest BCUT2D eigenvalue weighted by molar-refractivity contribution is 5.75. The summed E-state index contributed by atoms with van der Waals surface area (Å²) in [5.74, 6) is 0.936. The number of anilines is 1. The molecule has 1 unspecified atom stereocenters. The van der Waals surface area contributed by atoms with E-state index in [0.717, 1.165) is 35.7 Å². The molecule has 2 amide bonds. The van der Waals surface area contributed by atoms with E-state index in [1.54, 1.807) is 0 Å². The fourth-order valence-electron chi connectivity index (χ4n) is 4.65. The second-order valence-electron chi connectivity index (χ2n) is 8.33. The number of likely N-dealkylation sites (N-methyl/N-ethyl adjacent to an activating group) is 1. The molecular formula is C23H28N6O. The van der Waals surface area contributed by atoms with E-state index in [2.05, 4.69) is 50.7 Å². The first-order chi connectivity index (χ1) is 14.7. The van der Waals surface area contributed by atoms with Crippen molar-refractivity contribution in [2.75, 3.05) is 25.0 Å². The molecule has 3 aliphatic rings. The Kier molecular flexibility index (Phi) is 5.04. The van der Waals surface area contributed by atoms with Gasteiger partial charge in [0.1, 0.15) is 0 Å². The SMILES string of the molecule is CN1CCCC1C1=CN(c2n[nH]c3c2CN(C(=O)NCc2ccccc2)C3)CC=C1. The highest BCUT2D eigenvalue weighted by atomic mass is 16.2. The molecule has 2 aromatic rings. The monoisotopic (exact) mass is 404 g/mol. The van der Waals surface area contributed by atoms with Gasteiger partial charge in [0.05, 0.1) is 18.8 Å². The summed E-state index contributed by atoms with van der Waals surface area (Å²) >= 11 is 0. The van der Waals surface area contributed by atoms with Crippen LogP contribution in [0.5, 0.6) is 0 Å². The van der Waals surface area contributed by atoms with Crippen molar-refractivity contribution in [2.45, 2.75) is 38.5 Å². The normalized spacial score (nSPS) is 21.1. The van der Waals surface area contributed by atoms with Crippen LogP contribution < -0.4 is 10.2 Å². The maximum Gasteiger partial charge on any atom is 0.318 e. The Balaban J connectivity index is 1.26. The van der Waals surface area contributed by atoms with Gasteiger partial charge in [0.15, 0.2) is 5.82 Å². The summed E-state index contributed by atoms with van der Waals surface area (Å²) in [5, 5.41) is 10.8. The van der Waals surface area contributed by atoms with Crippen LogP contribution in [0.15, 0.2) is 54.3 Å². The molecule has 5 rings (SSSR count). The quantitative estimate of drug-likeness (QED) is 0.822. The minimum atomic E-state index is -0.0447. The third-order valence-corrected chi connectivity index (χ3v) is 6.30. The molecule has 1 saturated heterocycles. The number of hydrogen-bond donors (Lipinski definition) is 2. The van der Waals surface area contributed by atoms with E-state index in [4.69, 9.17) is 0 Å². The van der Waals surface area contributed by atoms with Crippen molar-refractivity contribution >= 4 is 11.8 Å². The number of amides is 2. The minimum absolute atomic E-state index is 0.0447. The lowest BCUT2D eigenvalue weighted by Crippen LogP contribution is -2.36. The zero-order valence-corrected chi connectivity index (χ0v) is 17.3. The summed E-state index contributed by atoms with van der Waals surface area (Å²) in [5.41, 5.74) is 4.59. The van der Waals surface area contributed by atoms with Gasteiger partial charge in [0.2, 0.25) is 0 Å². The molecule has 0 saturated carbocycles. The molecule has 0 spiro atoms. The van der Waals surface area contributed by atoms with Gasteiger partial charge < -0.3 is 15.1 Å². The van der Waals surface area contributed by atoms with Gasteiger partial charge in [-0.25, -0.2) is 4.79 Å². The van der Waals surface area contributed by atoms with Crippen LogP contribution in [0, 0.1) is 0 Å². The number of aromatic amines is 1. The number of aromatic nitrogens is 2. The Hall–Kier alpha value is -3.06. The van der Waals surface area contributed by atoms with E-state index in [-0.39, 0.29) is 6.03 Å². The van der Waals surface area contributed by atoms with Crippen molar-refractivity contribution in [3.63, 3.8) is 0 Å². The average molecular weight is 405 g/mol. The molecule has 2 N–H and O–H groups in total. The van der Waals surface area contributed by atoms with Crippen LogP contribution in [0.25, 0.3) is 0 Å². The molecule has 3 aliphatic heterocycles. The third-order valence-electron chi connectivity index (χ3n) is 6.30. The molecular weight excluding hydrogens is 376 g/mol. The molecule has 7 heteroatoms. The first-order valence-electron chi connectivity index (χ1n) is 10.7. The number of likely N-dealkylation sites (tertiary alicyclic amines) is 1. The van der Waals surface area contributed by atoms with Crippen molar-refractivity contribution in [3.05, 3.63) is 71.1 Å². The van der Waals surface area contributed by atoms with Gasteiger partial charge in [-0.3, -0.25) is 10.00 Å². The van der Waals surface area contributed by atoms with Gasteiger partial charge in [-0.2, -0.15) is 5.10 Å². The number of nitrogens with one attached hydrogen (secondary N) is 2. The van der Waals surface area contributed by atoms with E-state index in [0.29, 0.717) is 25.7 Å². The molecule has 156 valence electrons. The van der Waals surface area contributed by atoms with Crippen LogP contribution in [-0.2, 0) is 19.6 Å². The maximum atomic E-state index is 12.7. The van der Waals surface area contributed by atoms with Gasteiger partial charge in [-0.1, -0.05) is 42.5 Å². The molecule has 0 bridgehead atoms. The van der Waals surface area contributed by atoms with Crippen molar-refractivity contribution in [1.29, 1.82) is 0 Å². The first kappa shape index (κ1) is 18.9. The van der Waals surface area contributed by atoms with Crippen molar-refractivity contribution < 1.29 is 4.79 Å². The van der Waals surface area contributed by atoms with Gasteiger partial charge in [0.25, 0.3) is 0 Å². The van der Waals surface area contributed by atoms with E-state index in [1.807, 2.05) is 35.2 Å². The third kappa shape index (κ3) is 3.61. The summed E-state index contributed by atoms with van der Waals surface area (Å²) in [6.45, 7) is 3.63. The number of urea groups is 1. The largest absolute Gasteiger partial charge is 0.334 e. The van der Waals surface area contributed by atoms with Crippen molar-refractivity contribution in [3.8, 4) is 0 Å². The van der Waals surface area contributed by atoms with Gasteiger partial charge in [-0.05, 0) is 37.6 Å². The number of hydrogen-bond acceptors (Lipinski definition) is 4. The topological polar surface area (TPSA) is 67.5 Å². The fourth-order valence-corrected chi connectivity index (χ4v) is 4.65.